The first kappa shape index (κ1) is 25.3. The van der Waals surface area contributed by atoms with E-state index < -0.39 is 11.8 Å². The molecular weight excluding hydrogens is 612 g/mol. The quantitative estimate of drug-likeness (QED) is 0.269. The number of amides is 2. The number of nitrogens with zero attached hydrogens (tertiary/aromatic N) is 2. The molecule has 2 aliphatic rings. The number of nitrogens with one attached hydrogen (secondary N) is 2. The predicted octanol–water partition coefficient (Wildman–Crippen LogP) is 7.72. The molecule has 4 rings (SSSR count). The standard InChI is InChI=1S/C20H2Cl8N4O2/c1-30-18-14(27)12(25)7(13(26)15(18)28)17-5-4(19(33)32-17)16(31-20(5)34)6-10(23)8(21)3(2-29)9(22)11(6)24/h(H,31,34)(H,32,33). The minimum atomic E-state index is -0.740. The average molecular weight is 614 g/mol. The summed E-state index contributed by atoms with van der Waals surface area (Å²) in [5, 5.41) is 12.6. The first-order chi connectivity index (χ1) is 16.0. The molecule has 0 unspecified atom stereocenters. The summed E-state index contributed by atoms with van der Waals surface area (Å²) in [6.45, 7) is 7.22. The Morgan fingerprint density at radius 3 is 1.32 bits per heavy atom. The fraction of sp³-hybridized carbons (Fsp3) is 0. The van der Waals surface area contributed by atoms with Crippen LogP contribution in [-0.2, 0) is 9.59 Å². The van der Waals surface area contributed by atoms with Crippen LogP contribution < -0.4 is 10.6 Å². The van der Waals surface area contributed by atoms with Gasteiger partial charge in [-0.1, -0.05) is 92.8 Å². The molecule has 6 nitrogen and oxygen atoms in total. The molecule has 14 heteroatoms. The lowest BCUT2D eigenvalue weighted by atomic mass is 10.0. The van der Waals surface area contributed by atoms with Crippen LogP contribution in [0.5, 0.6) is 0 Å². The van der Waals surface area contributed by atoms with Gasteiger partial charge in [-0.05, 0) is 0 Å². The van der Waals surface area contributed by atoms with Gasteiger partial charge >= 0.3 is 0 Å². The number of fused-ring (bicyclic) bond motifs is 1. The summed E-state index contributed by atoms with van der Waals surface area (Å²) >= 11 is 50.0. The summed E-state index contributed by atoms with van der Waals surface area (Å²) in [5.74, 6) is -1.48. The van der Waals surface area contributed by atoms with Crippen LogP contribution in [0.4, 0.5) is 5.69 Å². The van der Waals surface area contributed by atoms with Gasteiger partial charge in [-0.3, -0.25) is 9.59 Å². The maximum atomic E-state index is 13.0. The normalized spacial score (nSPS) is 14.8. The van der Waals surface area contributed by atoms with Gasteiger partial charge in [-0.15, -0.1) is 0 Å². The van der Waals surface area contributed by atoms with E-state index in [0.29, 0.717) is 0 Å². The lowest BCUT2D eigenvalue weighted by Gasteiger charge is -2.15. The third-order valence-electron chi connectivity index (χ3n) is 4.91. The van der Waals surface area contributed by atoms with Gasteiger partial charge in [0.15, 0.2) is 0 Å². The van der Waals surface area contributed by atoms with Crippen LogP contribution in [0.15, 0.2) is 11.1 Å². The summed E-state index contributed by atoms with van der Waals surface area (Å²) in [4.78, 5) is 29.2. The monoisotopic (exact) mass is 610 g/mol. The van der Waals surface area contributed by atoms with Crippen molar-refractivity contribution in [3.05, 3.63) is 79.4 Å². The van der Waals surface area contributed by atoms with Gasteiger partial charge in [0.25, 0.3) is 11.8 Å². The first-order valence-corrected chi connectivity index (χ1v) is 11.6. The van der Waals surface area contributed by atoms with Gasteiger partial charge in [0.05, 0.1) is 74.9 Å². The van der Waals surface area contributed by atoms with E-state index in [1.165, 1.54) is 0 Å². The molecule has 0 spiro atoms. The average Bonchev–Trinajstić information content (AvgIpc) is 3.31. The number of hydrogen-bond acceptors (Lipinski definition) is 3. The van der Waals surface area contributed by atoms with E-state index in [0.717, 1.165) is 0 Å². The summed E-state index contributed by atoms with van der Waals surface area (Å²) in [6, 6.07) is 1.79. The molecule has 0 fully saturated rings. The fourth-order valence-electron chi connectivity index (χ4n) is 3.44. The molecule has 0 aromatic heterocycles. The zero-order chi connectivity index (χ0) is 25.2. The molecule has 0 saturated heterocycles. The Labute approximate surface area is 231 Å². The Kier molecular flexibility index (Phi) is 6.68. The molecule has 2 amide bonds. The highest BCUT2D eigenvalue weighted by atomic mass is 35.5. The summed E-state index contributed by atoms with van der Waals surface area (Å²) < 4.78 is 0. The van der Waals surface area contributed by atoms with Crippen molar-refractivity contribution < 1.29 is 9.59 Å². The van der Waals surface area contributed by atoms with E-state index in [1.807, 2.05) is 0 Å². The highest BCUT2D eigenvalue weighted by molar-refractivity contribution is 6.53. The van der Waals surface area contributed by atoms with Crippen molar-refractivity contribution in [3.8, 4) is 6.07 Å². The topological polar surface area (TPSA) is 86.3 Å². The first-order valence-electron chi connectivity index (χ1n) is 8.59. The number of hydrogen-bond donors (Lipinski definition) is 2. The Morgan fingerprint density at radius 1 is 0.647 bits per heavy atom. The molecule has 0 radical (unpaired) electrons. The number of halogens is 8. The molecule has 2 aromatic carbocycles. The number of carbonyl (C=O) groups excluding carboxylic acids is 2. The summed E-state index contributed by atoms with van der Waals surface area (Å²) in [7, 11) is 0. The highest BCUT2D eigenvalue weighted by Crippen LogP contribution is 2.51. The lowest BCUT2D eigenvalue weighted by Crippen LogP contribution is -2.22. The lowest BCUT2D eigenvalue weighted by molar-refractivity contribution is -0.117. The van der Waals surface area contributed by atoms with Gasteiger partial charge in [0, 0.05) is 11.1 Å². The molecule has 2 heterocycles. The second-order valence-corrected chi connectivity index (χ2v) is 9.64. The zero-order valence-electron chi connectivity index (χ0n) is 15.7. The number of nitriles is 1. The minimum Gasteiger partial charge on any atom is -0.320 e. The molecular formula is C20H2Cl8N4O2. The van der Waals surface area contributed by atoms with Gasteiger partial charge < -0.3 is 10.6 Å². The van der Waals surface area contributed by atoms with E-state index in [-0.39, 0.29) is 85.1 Å². The Morgan fingerprint density at radius 2 is 1.00 bits per heavy atom. The predicted molar refractivity (Wildman–Crippen MR) is 134 cm³/mol. The molecule has 0 aliphatic carbocycles. The van der Waals surface area contributed by atoms with Crippen molar-refractivity contribution in [2.75, 3.05) is 0 Å². The summed E-state index contributed by atoms with van der Waals surface area (Å²) in [5.41, 5.74) is -1.00. The molecule has 34 heavy (non-hydrogen) atoms. The van der Waals surface area contributed by atoms with Gasteiger partial charge in [-0.25, -0.2) is 4.85 Å². The maximum Gasteiger partial charge on any atom is 0.258 e. The second kappa shape index (κ2) is 8.99. The number of carbonyl (C=O) groups is 2. The third kappa shape index (κ3) is 3.45. The molecule has 0 saturated carbocycles. The van der Waals surface area contributed by atoms with Crippen LogP contribution in [0, 0.1) is 17.9 Å². The largest absolute Gasteiger partial charge is 0.320 e. The van der Waals surface area contributed by atoms with Crippen molar-refractivity contribution in [2.24, 2.45) is 0 Å². The fourth-order valence-corrected chi connectivity index (χ4v) is 5.69. The van der Waals surface area contributed by atoms with E-state index >= 15 is 0 Å². The van der Waals surface area contributed by atoms with Crippen LogP contribution in [0.1, 0.15) is 16.7 Å². The van der Waals surface area contributed by atoms with E-state index in [4.69, 9.17) is 99.4 Å². The van der Waals surface area contributed by atoms with Crippen LogP contribution in [-0.4, -0.2) is 11.8 Å². The van der Waals surface area contributed by atoms with Crippen molar-refractivity contribution in [2.45, 2.75) is 0 Å². The molecule has 2 aliphatic heterocycles. The van der Waals surface area contributed by atoms with Crippen molar-refractivity contribution in [3.63, 3.8) is 0 Å². The SMILES string of the molecule is [C-]#[N+]c1c(Cl)c(Cl)c(C2=C3C(=O)NC(c4c(Cl)c(Cl)c(C#N)c(Cl)c4Cl)=C3C(=O)N2)c(Cl)c1Cl. The molecule has 2 N–H and O–H groups in total. The summed E-state index contributed by atoms with van der Waals surface area (Å²) in [6.07, 6.45) is 0. The number of benzene rings is 2. The van der Waals surface area contributed by atoms with Gasteiger partial charge in [0.2, 0.25) is 5.69 Å². The molecule has 0 atom stereocenters. The van der Waals surface area contributed by atoms with E-state index in [1.54, 1.807) is 6.07 Å². The number of rotatable bonds is 2. The second-order valence-electron chi connectivity index (χ2n) is 6.62. The Hall–Kier alpha value is -1.84. The van der Waals surface area contributed by atoms with Crippen molar-refractivity contribution in [1.29, 1.82) is 5.26 Å². The van der Waals surface area contributed by atoms with Crippen LogP contribution in [0.25, 0.3) is 16.2 Å². The zero-order valence-corrected chi connectivity index (χ0v) is 21.8. The van der Waals surface area contributed by atoms with E-state index in [2.05, 4.69) is 15.5 Å². The Balaban J connectivity index is 2.07. The molecule has 170 valence electrons. The molecule has 2 aromatic rings. The van der Waals surface area contributed by atoms with Gasteiger partial charge in [-0.2, -0.15) is 5.26 Å². The van der Waals surface area contributed by atoms with Crippen LogP contribution in [0.3, 0.4) is 0 Å². The third-order valence-corrected chi connectivity index (χ3v) is 8.30. The minimum absolute atomic E-state index is 0.0615. The highest BCUT2D eigenvalue weighted by Gasteiger charge is 2.44. The Bertz CT molecular complexity index is 1370. The maximum absolute atomic E-state index is 13.0. The van der Waals surface area contributed by atoms with Crippen LogP contribution in [0.2, 0.25) is 40.2 Å². The smallest absolute Gasteiger partial charge is 0.258 e. The van der Waals surface area contributed by atoms with Gasteiger partial charge in [0.1, 0.15) is 6.07 Å². The van der Waals surface area contributed by atoms with Crippen LogP contribution >= 0.6 is 92.8 Å². The van der Waals surface area contributed by atoms with Crippen molar-refractivity contribution >= 4 is 122 Å². The van der Waals surface area contributed by atoms with E-state index in [9.17, 15) is 14.9 Å². The molecule has 0 bridgehead atoms. The van der Waals surface area contributed by atoms with Crippen molar-refractivity contribution in [1.82, 2.24) is 10.6 Å².